The molecule has 4 heteroatoms. The predicted octanol–water partition coefficient (Wildman–Crippen LogP) is 1.99. The van der Waals surface area contributed by atoms with E-state index in [4.69, 9.17) is 5.11 Å². The summed E-state index contributed by atoms with van der Waals surface area (Å²) in [5.41, 5.74) is 0.0861. The fraction of sp³-hybridized carbons (Fsp3) is 0.455. The lowest BCUT2D eigenvalue weighted by Crippen LogP contribution is -2.18. The second kappa shape index (κ2) is 3.88. The molecule has 1 atom stereocenters. The summed E-state index contributed by atoms with van der Waals surface area (Å²) in [6.07, 6.45) is 2.51. The number of nitrogens with zero attached hydrogens (tertiary/aromatic N) is 1. The van der Waals surface area contributed by atoms with Crippen molar-refractivity contribution in [3.8, 4) is 0 Å². The molecular weight excluding hydrogens is 192 g/mol. The van der Waals surface area contributed by atoms with E-state index in [9.17, 15) is 4.79 Å². The first-order valence-corrected chi connectivity index (χ1v) is 5.13. The summed E-state index contributed by atoms with van der Waals surface area (Å²) in [6.45, 7) is 2.10. The number of rotatable bonds is 4. The minimum absolute atomic E-state index is 0.0861. The van der Waals surface area contributed by atoms with Crippen LogP contribution in [0.1, 0.15) is 30.3 Å². The Balaban J connectivity index is 2.07. The summed E-state index contributed by atoms with van der Waals surface area (Å²) in [6, 6.07) is 5.38. The molecule has 15 heavy (non-hydrogen) atoms. The smallest absolute Gasteiger partial charge is 0.354 e. The van der Waals surface area contributed by atoms with Crippen LogP contribution in [0.2, 0.25) is 0 Å². The topological polar surface area (TPSA) is 62.2 Å². The number of hydrogen-bond acceptors (Lipinski definition) is 3. The first-order chi connectivity index (χ1) is 7.16. The number of aromatic nitrogens is 1. The summed E-state index contributed by atoms with van der Waals surface area (Å²) in [5, 5.41) is 12.0. The first-order valence-electron chi connectivity index (χ1n) is 5.13. The predicted molar refractivity (Wildman–Crippen MR) is 57.0 cm³/mol. The van der Waals surface area contributed by atoms with Crippen LogP contribution in [0, 0.1) is 5.92 Å². The van der Waals surface area contributed by atoms with Crippen molar-refractivity contribution in [3.63, 3.8) is 0 Å². The average molecular weight is 206 g/mol. The quantitative estimate of drug-likeness (QED) is 0.790. The highest BCUT2D eigenvalue weighted by atomic mass is 16.4. The monoisotopic (exact) mass is 206 g/mol. The zero-order valence-electron chi connectivity index (χ0n) is 8.60. The standard InChI is InChI=1S/C11H14N2O2/c1-7(8-5-6-8)12-10-4-2-3-9(13-10)11(14)15/h2-4,7-8H,5-6H2,1H3,(H,12,13)(H,14,15)/t7-/m1/s1. The third-order valence-electron chi connectivity index (χ3n) is 2.67. The van der Waals surface area contributed by atoms with Crippen molar-refractivity contribution in [3.05, 3.63) is 23.9 Å². The molecule has 1 heterocycles. The number of hydrogen-bond donors (Lipinski definition) is 2. The molecule has 0 bridgehead atoms. The highest BCUT2D eigenvalue weighted by molar-refractivity contribution is 5.85. The zero-order valence-corrected chi connectivity index (χ0v) is 8.60. The SMILES string of the molecule is C[C@@H](Nc1cccc(C(=O)O)n1)C1CC1. The molecule has 0 unspecified atom stereocenters. The normalized spacial score (nSPS) is 17.1. The number of pyridine rings is 1. The van der Waals surface area contributed by atoms with Gasteiger partial charge in [-0.1, -0.05) is 6.07 Å². The van der Waals surface area contributed by atoms with Gasteiger partial charge in [0.25, 0.3) is 0 Å². The molecule has 0 aliphatic heterocycles. The van der Waals surface area contributed by atoms with Crippen molar-refractivity contribution >= 4 is 11.8 Å². The molecule has 1 aromatic heterocycles. The molecule has 1 aromatic rings. The van der Waals surface area contributed by atoms with E-state index in [1.807, 2.05) is 0 Å². The van der Waals surface area contributed by atoms with Crippen LogP contribution in [0.3, 0.4) is 0 Å². The molecule has 1 aliphatic rings. The number of nitrogens with one attached hydrogen (secondary N) is 1. The van der Waals surface area contributed by atoms with Crippen LogP contribution < -0.4 is 5.32 Å². The summed E-state index contributed by atoms with van der Waals surface area (Å²) in [7, 11) is 0. The summed E-state index contributed by atoms with van der Waals surface area (Å²) < 4.78 is 0. The van der Waals surface area contributed by atoms with Crippen molar-refractivity contribution in [2.75, 3.05) is 5.32 Å². The van der Waals surface area contributed by atoms with Crippen LogP contribution in [0.5, 0.6) is 0 Å². The van der Waals surface area contributed by atoms with Crippen molar-refractivity contribution in [1.82, 2.24) is 4.98 Å². The number of carboxylic acids is 1. The molecule has 0 saturated heterocycles. The van der Waals surface area contributed by atoms with E-state index in [2.05, 4.69) is 17.2 Å². The average Bonchev–Trinajstić information content (AvgIpc) is 3.01. The van der Waals surface area contributed by atoms with Gasteiger partial charge < -0.3 is 10.4 Å². The fourth-order valence-electron chi connectivity index (χ4n) is 1.58. The Labute approximate surface area is 88.3 Å². The molecule has 0 spiro atoms. The van der Waals surface area contributed by atoms with Gasteiger partial charge in [0.1, 0.15) is 5.82 Å². The Kier molecular flexibility index (Phi) is 2.58. The highest BCUT2D eigenvalue weighted by Crippen LogP contribution is 2.33. The highest BCUT2D eigenvalue weighted by Gasteiger charge is 2.27. The van der Waals surface area contributed by atoms with E-state index in [0.717, 1.165) is 5.92 Å². The van der Waals surface area contributed by atoms with Crippen molar-refractivity contribution in [2.45, 2.75) is 25.8 Å². The van der Waals surface area contributed by atoms with Crippen molar-refractivity contribution in [1.29, 1.82) is 0 Å². The van der Waals surface area contributed by atoms with E-state index in [1.165, 1.54) is 18.9 Å². The lowest BCUT2D eigenvalue weighted by Gasteiger charge is -2.13. The summed E-state index contributed by atoms with van der Waals surface area (Å²) >= 11 is 0. The largest absolute Gasteiger partial charge is 0.477 e. The van der Waals surface area contributed by atoms with E-state index >= 15 is 0 Å². The van der Waals surface area contributed by atoms with Crippen molar-refractivity contribution < 1.29 is 9.90 Å². The van der Waals surface area contributed by atoms with Gasteiger partial charge in [0.2, 0.25) is 0 Å². The summed E-state index contributed by atoms with van der Waals surface area (Å²) in [5.74, 6) is 0.382. The maximum absolute atomic E-state index is 10.7. The second-order valence-corrected chi connectivity index (χ2v) is 3.98. The molecule has 0 radical (unpaired) electrons. The van der Waals surface area contributed by atoms with Crippen molar-refractivity contribution in [2.24, 2.45) is 5.92 Å². The third-order valence-corrected chi connectivity index (χ3v) is 2.67. The number of anilines is 1. The molecule has 0 amide bonds. The van der Waals surface area contributed by atoms with E-state index in [-0.39, 0.29) is 5.69 Å². The molecule has 2 rings (SSSR count). The van der Waals surface area contributed by atoms with Gasteiger partial charge in [-0.15, -0.1) is 0 Å². The third kappa shape index (κ3) is 2.46. The second-order valence-electron chi connectivity index (χ2n) is 3.98. The molecule has 4 nitrogen and oxygen atoms in total. The summed E-state index contributed by atoms with van der Waals surface area (Å²) in [4.78, 5) is 14.7. The van der Waals surface area contributed by atoms with Crippen LogP contribution in [0.4, 0.5) is 5.82 Å². The van der Waals surface area contributed by atoms with E-state index < -0.39 is 5.97 Å². The Morgan fingerprint density at radius 3 is 2.93 bits per heavy atom. The fourth-order valence-corrected chi connectivity index (χ4v) is 1.58. The molecule has 0 aromatic carbocycles. The van der Waals surface area contributed by atoms with Gasteiger partial charge in [-0.05, 0) is 37.8 Å². The Morgan fingerprint density at radius 2 is 2.33 bits per heavy atom. The number of aromatic carboxylic acids is 1. The number of carboxylic acid groups (broad SMARTS) is 1. The van der Waals surface area contributed by atoms with Gasteiger partial charge in [-0.3, -0.25) is 0 Å². The minimum atomic E-state index is -0.988. The maximum Gasteiger partial charge on any atom is 0.354 e. The molecule has 1 fully saturated rings. The van der Waals surface area contributed by atoms with Gasteiger partial charge in [-0.2, -0.15) is 0 Å². The van der Waals surface area contributed by atoms with Crippen LogP contribution in [0.25, 0.3) is 0 Å². The lowest BCUT2D eigenvalue weighted by atomic mass is 10.2. The Morgan fingerprint density at radius 1 is 1.60 bits per heavy atom. The zero-order chi connectivity index (χ0) is 10.8. The van der Waals surface area contributed by atoms with E-state index in [0.29, 0.717) is 11.9 Å². The number of carbonyl (C=O) groups is 1. The molecule has 2 N–H and O–H groups in total. The van der Waals surface area contributed by atoms with Gasteiger partial charge in [0.05, 0.1) is 0 Å². The molecule has 1 aliphatic carbocycles. The van der Waals surface area contributed by atoms with Gasteiger partial charge in [0.15, 0.2) is 5.69 Å². The van der Waals surface area contributed by atoms with Crippen LogP contribution in [-0.2, 0) is 0 Å². The Hall–Kier alpha value is -1.58. The molecule has 1 saturated carbocycles. The maximum atomic E-state index is 10.7. The lowest BCUT2D eigenvalue weighted by molar-refractivity contribution is 0.0690. The van der Waals surface area contributed by atoms with Gasteiger partial charge in [-0.25, -0.2) is 9.78 Å². The van der Waals surface area contributed by atoms with Crippen LogP contribution in [0.15, 0.2) is 18.2 Å². The van der Waals surface area contributed by atoms with Crippen LogP contribution >= 0.6 is 0 Å². The van der Waals surface area contributed by atoms with Gasteiger partial charge in [0, 0.05) is 6.04 Å². The van der Waals surface area contributed by atoms with Gasteiger partial charge >= 0.3 is 5.97 Å². The minimum Gasteiger partial charge on any atom is -0.477 e. The Bertz CT molecular complexity index is 375. The molecular formula is C11H14N2O2. The molecule has 80 valence electrons. The van der Waals surface area contributed by atoms with Crippen LogP contribution in [-0.4, -0.2) is 22.1 Å². The first kappa shape index (κ1) is 9.96. The van der Waals surface area contributed by atoms with E-state index in [1.54, 1.807) is 12.1 Å².